The SMILES string of the molecule is CN(C)[C@H](CNC(=O)c1ccccc1Sc1ccccc1C#N)c1ccccc1. The van der Waals surface area contributed by atoms with Crippen molar-refractivity contribution < 1.29 is 4.79 Å². The predicted molar refractivity (Wildman–Crippen MR) is 117 cm³/mol. The first kappa shape index (κ1) is 20.7. The number of nitrogens with zero attached hydrogens (tertiary/aromatic N) is 2. The molecule has 0 aromatic heterocycles. The summed E-state index contributed by atoms with van der Waals surface area (Å²) in [7, 11) is 4.01. The Morgan fingerprint density at radius 3 is 2.28 bits per heavy atom. The Morgan fingerprint density at radius 2 is 1.59 bits per heavy atom. The number of amides is 1. The van der Waals surface area contributed by atoms with Crippen molar-refractivity contribution in [3.63, 3.8) is 0 Å². The number of benzene rings is 3. The third-order valence-corrected chi connectivity index (χ3v) is 5.77. The predicted octanol–water partition coefficient (Wildman–Crippen LogP) is 4.74. The molecule has 0 radical (unpaired) electrons. The molecule has 0 aliphatic rings. The fraction of sp³-hybridized carbons (Fsp3) is 0.167. The molecule has 0 fully saturated rings. The van der Waals surface area contributed by atoms with Crippen molar-refractivity contribution >= 4 is 17.7 Å². The van der Waals surface area contributed by atoms with Crippen LogP contribution in [-0.4, -0.2) is 31.4 Å². The molecule has 3 rings (SSSR count). The van der Waals surface area contributed by atoms with Gasteiger partial charge in [0.2, 0.25) is 0 Å². The first-order valence-electron chi connectivity index (χ1n) is 9.35. The number of hydrogen-bond acceptors (Lipinski definition) is 4. The highest BCUT2D eigenvalue weighted by Gasteiger charge is 2.18. The van der Waals surface area contributed by atoms with Crippen LogP contribution in [0.1, 0.15) is 27.5 Å². The van der Waals surface area contributed by atoms with Gasteiger partial charge in [-0.25, -0.2) is 0 Å². The Balaban J connectivity index is 1.77. The van der Waals surface area contributed by atoms with E-state index in [-0.39, 0.29) is 11.9 Å². The molecule has 4 nitrogen and oxygen atoms in total. The van der Waals surface area contributed by atoms with Crippen molar-refractivity contribution in [1.82, 2.24) is 10.2 Å². The van der Waals surface area contributed by atoms with Gasteiger partial charge in [-0.05, 0) is 43.9 Å². The second-order valence-corrected chi connectivity index (χ2v) is 7.89. The quantitative estimate of drug-likeness (QED) is 0.621. The molecule has 1 N–H and O–H groups in total. The smallest absolute Gasteiger partial charge is 0.252 e. The zero-order chi connectivity index (χ0) is 20.6. The minimum Gasteiger partial charge on any atom is -0.350 e. The Labute approximate surface area is 176 Å². The molecule has 0 aliphatic carbocycles. The molecule has 29 heavy (non-hydrogen) atoms. The maximum absolute atomic E-state index is 13.0. The lowest BCUT2D eigenvalue weighted by Gasteiger charge is -2.25. The third kappa shape index (κ3) is 5.26. The maximum atomic E-state index is 13.0. The van der Waals surface area contributed by atoms with Crippen LogP contribution in [0.5, 0.6) is 0 Å². The van der Waals surface area contributed by atoms with Gasteiger partial charge < -0.3 is 10.2 Å². The Morgan fingerprint density at radius 1 is 0.966 bits per heavy atom. The van der Waals surface area contributed by atoms with E-state index < -0.39 is 0 Å². The summed E-state index contributed by atoms with van der Waals surface area (Å²) < 4.78 is 0. The number of likely N-dealkylation sites (N-methyl/N-ethyl adjacent to an activating group) is 1. The second kappa shape index (κ2) is 9.92. The minimum absolute atomic E-state index is 0.0827. The van der Waals surface area contributed by atoms with Crippen LogP contribution in [0.25, 0.3) is 0 Å². The molecule has 1 amide bonds. The van der Waals surface area contributed by atoms with Crippen molar-refractivity contribution in [2.45, 2.75) is 15.8 Å². The van der Waals surface area contributed by atoms with Crippen molar-refractivity contribution in [2.75, 3.05) is 20.6 Å². The molecule has 146 valence electrons. The number of hydrogen-bond donors (Lipinski definition) is 1. The van der Waals surface area contributed by atoms with E-state index in [2.05, 4.69) is 28.4 Å². The van der Waals surface area contributed by atoms with E-state index >= 15 is 0 Å². The molecule has 3 aromatic rings. The van der Waals surface area contributed by atoms with Gasteiger partial charge in [0.1, 0.15) is 6.07 Å². The molecule has 3 aromatic carbocycles. The van der Waals surface area contributed by atoms with Gasteiger partial charge in [0.05, 0.1) is 17.2 Å². The molecule has 0 saturated heterocycles. The minimum atomic E-state index is -0.120. The van der Waals surface area contributed by atoms with Crippen molar-refractivity contribution in [3.8, 4) is 6.07 Å². The molecular weight excluding hydrogens is 378 g/mol. The zero-order valence-electron chi connectivity index (χ0n) is 16.5. The number of rotatable bonds is 7. The molecule has 0 heterocycles. The molecule has 0 unspecified atom stereocenters. The number of nitriles is 1. The van der Waals surface area contributed by atoms with Gasteiger partial charge in [0, 0.05) is 16.3 Å². The molecule has 1 atom stereocenters. The average Bonchev–Trinajstić information content (AvgIpc) is 2.75. The van der Waals surface area contributed by atoms with Crippen LogP contribution in [0, 0.1) is 11.3 Å². The Bertz CT molecular complexity index is 1010. The van der Waals surface area contributed by atoms with Crippen LogP contribution in [0.2, 0.25) is 0 Å². The summed E-state index contributed by atoms with van der Waals surface area (Å²) in [6.45, 7) is 0.504. The van der Waals surface area contributed by atoms with E-state index in [1.54, 1.807) is 6.07 Å². The van der Waals surface area contributed by atoms with Gasteiger partial charge in [-0.3, -0.25) is 4.79 Å². The molecular formula is C24H23N3OS. The lowest BCUT2D eigenvalue weighted by atomic mass is 10.1. The highest BCUT2D eigenvalue weighted by atomic mass is 32.2. The normalized spacial score (nSPS) is 11.7. The summed E-state index contributed by atoms with van der Waals surface area (Å²) in [5.41, 5.74) is 2.36. The fourth-order valence-electron chi connectivity index (χ4n) is 3.07. The maximum Gasteiger partial charge on any atom is 0.252 e. The summed E-state index contributed by atoms with van der Waals surface area (Å²) in [5.74, 6) is -0.120. The van der Waals surface area contributed by atoms with Crippen LogP contribution in [0.4, 0.5) is 0 Å². The second-order valence-electron chi connectivity index (χ2n) is 6.81. The van der Waals surface area contributed by atoms with Crippen LogP contribution in [0.15, 0.2) is 88.7 Å². The third-order valence-electron chi connectivity index (χ3n) is 4.62. The summed E-state index contributed by atoms with van der Waals surface area (Å²) >= 11 is 1.44. The Kier molecular flexibility index (Phi) is 7.07. The van der Waals surface area contributed by atoms with Crippen molar-refractivity contribution in [2.24, 2.45) is 0 Å². The summed E-state index contributed by atoms with van der Waals surface area (Å²) in [6, 6.07) is 27.3. The number of carbonyl (C=O) groups is 1. The average molecular weight is 402 g/mol. The van der Waals surface area contributed by atoms with Gasteiger partial charge in [-0.15, -0.1) is 0 Å². The van der Waals surface area contributed by atoms with Gasteiger partial charge in [-0.1, -0.05) is 66.4 Å². The Hall–Kier alpha value is -3.07. The largest absolute Gasteiger partial charge is 0.350 e. The van der Waals surface area contributed by atoms with Gasteiger partial charge in [0.15, 0.2) is 0 Å². The van der Waals surface area contributed by atoms with E-state index in [9.17, 15) is 10.1 Å². The lowest BCUT2D eigenvalue weighted by molar-refractivity contribution is 0.0939. The van der Waals surface area contributed by atoms with Gasteiger partial charge in [-0.2, -0.15) is 5.26 Å². The fourth-order valence-corrected chi connectivity index (χ4v) is 4.09. The van der Waals surface area contributed by atoms with E-state index in [1.165, 1.54) is 11.8 Å². The van der Waals surface area contributed by atoms with Crippen LogP contribution in [-0.2, 0) is 0 Å². The van der Waals surface area contributed by atoms with Crippen LogP contribution >= 0.6 is 11.8 Å². The van der Waals surface area contributed by atoms with Crippen LogP contribution in [0.3, 0.4) is 0 Å². The lowest BCUT2D eigenvalue weighted by Crippen LogP contribution is -2.34. The van der Waals surface area contributed by atoms with Gasteiger partial charge >= 0.3 is 0 Å². The molecule has 0 bridgehead atoms. The summed E-state index contributed by atoms with van der Waals surface area (Å²) in [4.78, 5) is 16.7. The van der Waals surface area contributed by atoms with E-state index in [1.807, 2.05) is 74.8 Å². The monoisotopic (exact) mass is 401 g/mol. The number of nitrogens with one attached hydrogen (secondary N) is 1. The standard InChI is InChI=1S/C24H23N3OS/c1-27(2)21(18-10-4-3-5-11-18)17-26-24(28)20-13-7-9-15-23(20)29-22-14-8-6-12-19(22)16-25/h3-15,21H,17H2,1-2H3,(H,26,28)/t21-/m1/s1. The first-order valence-corrected chi connectivity index (χ1v) is 10.2. The zero-order valence-corrected chi connectivity index (χ0v) is 17.3. The van der Waals surface area contributed by atoms with Crippen molar-refractivity contribution in [1.29, 1.82) is 5.26 Å². The summed E-state index contributed by atoms with van der Waals surface area (Å²) in [5, 5.41) is 12.4. The topological polar surface area (TPSA) is 56.1 Å². The molecule has 0 aliphatic heterocycles. The van der Waals surface area contributed by atoms with Crippen molar-refractivity contribution in [3.05, 3.63) is 95.6 Å². The highest BCUT2D eigenvalue weighted by molar-refractivity contribution is 7.99. The molecule has 5 heteroatoms. The van der Waals surface area contributed by atoms with Crippen LogP contribution < -0.4 is 5.32 Å². The number of carbonyl (C=O) groups excluding carboxylic acids is 1. The van der Waals surface area contributed by atoms with Gasteiger partial charge in [0.25, 0.3) is 5.91 Å². The molecule has 0 spiro atoms. The summed E-state index contributed by atoms with van der Waals surface area (Å²) in [6.07, 6.45) is 0. The molecule has 0 saturated carbocycles. The highest BCUT2D eigenvalue weighted by Crippen LogP contribution is 2.32. The van der Waals surface area contributed by atoms with E-state index in [0.717, 1.165) is 15.4 Å². The first-order chi connectivity index (χ1) is 14.1. The van der Waals surface area contributed by atoms with E-state index in [4.69, 9.17) is 0 Å². The van der Waals surface area contributed by atoms with E-state index in [0.29, 0.717) is 17.7 Å².